The summed E-state index contributed by atoms with van der Waals surface area (Å²) in [7, 11) is 3.99. The first-order chi connectivity index (χ1) is 14.2. The van der Waals surface area contributed by atoms with Crippen LogP contribution < -0.4 is 5.32 Å². The fourth-order valence-corrected chi connectivity index (χ4v) is 3.90. The molecule has 0 fully saturated rings. The monoisotopic (exact) mass is 412 g/mol. The molecule has 0 spiro atoms. The number of benzene rings is 2. The van der Waals surface area contributed by atoms with Crippen LogP contribution in [0.5, 0.6) is 11.5 Å². The van der Waals surface area contributed by atoms with E-state index in [0.29, 0.717) is 6.54 Å². The van der Waals surface area contributed by atoms with Crippen LogP contribution in [0, 0.1) is 0 Å². The number of nitrogens with one attached hydrogen (secondary N) is 1. The lowest BCUT2D eigenvalue weighted by Gasteiger charge is -2.35. The van der Waals surface area contributed by atoms with E-state index in [1.807, 2.05) is 32.3 Å². The molecule has 6 heteroatoms. The third-order valence-corrected chi connectivity index (χ3v) is 6.01. The first kappa shape index (κ1) is 22.1. The minimum absolute atomic E-state index is 0.000393. The molecule has 0 bridgehead atoms. The SMILES string of the molecule is CN(C)CCNC(=O)c1cccc2c1CN(C(C)(C)CCc1ccc(O)c([OH2+])c1)C2. The van der Waals surface area contributed by atoms with E-state index >= 15 is 0 Å². The second-order valence-corrected chi connectivity index (χ2v) is 9.02. The fraction of sp³-hybridized carbons (Fsp3) is 0.458. The summed E-state index contributed by atoms with van der Waals surface area (Å²) in [6.45, 7) is 7.52. The summed E-state index contributed by atoms with van der Waals surface area (Å²) >= 11 is 0. The van der Waals surface area contributed by atoms with Crippen LogP contribution in [0.4, 0.5) is 0 Å². The Morgan fingerprint density at radius 2 is 2.00 bits per heavy atom. The molecule has 0 atom stereocenters. The molecule has 1 aliphatic heterocycles. The maximum atomic E-state index is 12.7. The lowest BCUT2D eigenvalue weighted by Crippen LogP contribution is -2.40. The van der Waals surface area contributed by atoms with Crippen molar-refractivity contribution in [3.8, 4) is 11.5 Å². The largest absolute Gasteiger partial charge is 0.591 e. The summed E-state index contributed by atoms with van der Waals surface area (Å²) in [5.41, 5.74) is 4.13. The second kappa shape index (κ2) is 9.06. The number of carbonyl (C=O) groups excluding carboxylic acids is 1. The number of carbonyl (C=O) groups is 1. The van der Waals surface area contributed by atoms with Crippen molar-refractivity contribution < 1.29 is 15.0 Å². The maximum absolute atomic E-state index is 12.7. The minimum atomic E-state index is -0.0578. The molecule has 0 aromatic heterocycles. The van der Waals surface area contributed by atoms with Crippen LogP contribution in [-0.4, -0.2) is 58.6 Å². The summed E-state index contributed by atoms with van der Waals surface area (Å²) in [6.07, 6.45) is 1.76. The molecule has 2 aromatic carbocycles. The predicted octanol–water partition coefficient (Wildman–Crippen LogP) is 2.85. The van der Waals surface area contributed by atoms with Crippen LogP contribution in [0.15, 0.2) is 36.4 Å². The number of nitrogens with zero attached hydrogens (tertiary/aromatic N) is 2. The number of fused-ring (bicyclic) bond motifs is 1. The first-order valence-electron chi connectivity index (χ1n) is 10.5. The number of phenols is 1. The standard InChI is InChI=1S/C24H33N3O3/c1-24(2,11-10-17-8-9-21(28)22(29)14-17)27-15-18-6-5-7-19(20(18)16-27)23(30)25-12-13-26(3)4/h5-9,14,28-29H,10-13,15-16H2,1-4H3,(H,25,30)/p+1. The fourth-order valence-electron chi connectivity index (χ4n) is 3.90. The van der Waals surface area contributed by atoms with E-state index in [0.717, 1.165) is 49.2 Å². The highest BCUT2D eigenvalue weighted by molar-refractivity contribution is 5.96. The number of likely N-dealkylation sites (N-methyl/N-ethyl adjacent to an activating group) is 1. The summed E-state index contributed by atoms with van der Waals surface area (Å²) in [5.74, 6) is 0.189. The van der Waals surface area contributed by atoms with Gasteiger partial charge in [0.05, 0.1) is 0 Å². The van der Waals surface area contributed by atoms with Crippen molar-refractivity contribution in [2.24, 2.45) is 0 Å². The molecular weight excluding hydrogens is 378 g/mol. The first-order valence-corrected chi connectivity index (χ1v) is 10.5. The molecule has 30 heavy (non-hydrogen) atoms. The van der Waals surface area contributed by atoms with Crippen molar-refractivity contribution in [2.45, 2.75) is 45.3 Å². The molecule has 6 nitrogen and oxygen atoms in total. The van der Waals surface area contributed by atoms with E-state index in [9.17, 15) is 9.90 Å². The topological polar surface area (TPSA) is 78.7 Å². The summed E-state index contributed by atoms with van der Waals surface area (Å²) in [4.78, 5) is 17.2. The van der Waals surface area contributed by atoms with Gasteiger partial charge < -0.3 is 20.4 Å². The quantitative estimate of drug-likeness (QED) is 0.654. The van der Waals surface area contributed by atoms with Crippen molar-refractivity contribution in [1.82, 2.24) is 15.1 Å². The third-order valence-electron chi connectivity index (χ3n) is 6.01. The van der Waals surface area contributed by atoms with Gasteiger partial charge in [-0.1, -0.05) is 18.2 Å². The number of hydrogen-bond acceptors (Lipinski definition) is 4. The molecule has 0 saturated carbocycles. The molecule has 162 valence electrons. The Morgan fingerprint density at radius 3 is 2.70 bits per heavy atom. The van der Waals surface area contributed by atoms with Crippen LogP contribution >= 0.6 is 0 Å². The highest BCUT2D eigenvalue weighted by atomic mass is 16.3. The number of hydrogen-bond donors (Lipinski definition) is 2. The highest BCUT2D eigenvalue weighted by Gasteiger charge is 2.33. The molecule has 2 aromatic rings. The Kier molecular flexibility index (Phi) is 6.68. The van der Waals surface area contributed by atoms with E-state index in [1.54, 1.807) is 12.1 Å². The van der Waals surface area contributed by atoms with E-state index in [-0.39, 0.29) is 22.9 Å². The maximum Gasteiger partial charge on any atom is 0.296 e. The van der Waals surface area contributed by atoms with Crippen LogP contribution in [0.2, 0.25) is 0 Å². The number of phenolic OH excluding ortho intramolecular Hbond substituents is 1. The number of aryl methyl sites for hydroxylation is 1. The lowest BCUT2D eigenvalue weighted by molar-refractivity contribution is 0.0942. The van der Waals surface area contributed by atoms with Gasteiger partial charge in [-0.3, -0.25) is 9.69 Å². The molecule has 1 amide bonds. The van der Waals surface area contributed by atoms with Gasteiger partial charge in [-0.15, -0.1) is 0 Å². The Hall–Kier alpha value is -2.57. The van der Waals surface area contributed by atoms with Crippen LogP contribution in [0.3, 0.4) is 0 Å². The zero-order valence-corrected chi connectivity index (χ0v) is 18.5. The molecule has 0 saturated heterocycles. The van der Waals surface area contributed by atoms with Crippen molar-refractivity contribution in [3.05, 3.63) is 58.7 Å². The van der Waals surface area contributed by atoms with Gasteiger partial charge in [0.15, 0.2) is 0 Å². The minimum Gasteiger partial charge on any atom is -0.591 e. The summed E-state index contributed by atoms with van der Waals surface area (Å²) in [5, 5.41) is 20.4. The smallest absolute Gasteiger partial charge is 0.296 e. The van der Waals surface area contributed by atoms with E-state index < -0.39 is 0 Å². The van der Waals surface area contributed by atoms with Gasteiger partial charge in [0, 0.05) is 43.3 Å². The van der Waals surface area contributed by atoms with Crippen LogP contribution in [0.1, 0.15) is 47.3 Å². The Labute approximate surface area is 179 Å². The summed E-state index contributed by atoms with van der Waals surface area (Å²) < 4.78 is 0. The molecule has 0 aliphatic carbocycles. The molecular formula is C24H34N3O3+. The third kappa shape index (κ3) is 5.12. The van der Waals surface area contributed by atoms with Gasteiger partial charge in [-0.25, -0.2) is 0 Å². The van der Waals surface area contributed by atoms with E-state index in [2.05, 4.69) is 35.0 Å². The van der Waals surface area contributed by atoms with Crippen molar-refractivity contribution in [2.75, 3.05) is 27.2 Å². The van der Waals surface area contributed by atoms with Crippen LogP contribution in [0.25, 0.3) is 0 Å². The Bertz CT molecular complexity index is 909. The highest BCUT2D eigenvalue weighted by Crippen LogP contribution is 2.34. The van der Waals surface area contributed by atoms with Crippen LogP contribution in [-0.2, 0) is 19.5 Å². The number of aromatic hydroxyl groups is 1. The Morgan fingerprint density at radius 1 is 1.23 bits per heavy atom. The molecule has 1 heterocycles. The van der Waals surface area contributed by atoms with Crippen molar-refractivity contribution in [3.63, 3.8) is 0 Å². The molecule has 0 radical (unpaired) electrons. The zero-order valence-electron chi connectivity index (χ0n) is 18.5. The number of amides is 1. The van der Waals surface area contributed by atoms with Gasteiger partial charge in [0.2, 0.25) is 5.75 Å². The Balaban J connectivity index is 1.66. The molecule has 1 aliphatic rings. The molecule has 0 unspecified atom stereocenters. The lowest BCUT2D eigenvalue weighted by atomic mass is 9.93. The van der Waals surface area contributed by atoms with Gasteiger partial charge in [-0.05, 0) is 69.6 Å². The average Bonchev–Trinajstić information content (AvgIpc) is 3.14. The van der Waals surface area contributed by atoms with E-state index in [1.165, 1.54) is 5.56 Å². The van der Waals surface area contributed by atoms with Gasteiger partial charge in [0.1, 0.15) is 0 Å². The zero-order chi connectivity index (χ0) is 21.9. The van der Waals surface area contributed by atoms with E-state index in [4.69, 9.17) is 5.11 Å². The van der Waals surface area contributed by atoms with Crippen molar-refractivity contribution in [1.29, 1.82) is 0 Å². The average molecular weight is 413 g/mol. The van der Waals surface area contributed by atoms with Gasteiger partial charge in [-0.2, -0.15) is 0 Å². The predicted molar refractivity (Wildman–Crippen MR) is 120 cm³/mol. The van der Waals surface area contributed by atoms with Gasteiger partial charge in [0.25, 0.3) is 11.7 Å². The molecule has 4 N–H and O–H groups in total. The summed E-state index contributed by atoms with van der Waals surface area (Å²) in [6, 6.07) is 11.2. The second-order valence-electron chi connectivity index (χ2n) is 9.02. The van der Waals surface area contributed by atoms with Gasteiger partial charge >= 0.3 is 0 Å². The normalized spacial score (nSPS) is 14.2. The number of rotatable bonds is 8. The van der Waals surface area contributed by atoms with Crippen molar-refractivity contribution >= 4 is 5.91 Å². The molecule has 3 rings (SSSR count).